The van der Waals surface area contributed by atoms with Gasteiger partial charge in [-0.2, -0.15) is 0 Å². The number of rotatable bonds is 5. The van der Waals surface area contributed by atoms with Crippen LogP contribution in [0.3, 0.4) is 0 Å². The van der Waals surface area contributed by atoms with E-state index in [4.69, 9.17) is 23.2 Å². The molecule has 0 saturated carbocycles. The van der Waals surface area contributed by atoms with Crippen LogP contribution in [0.25, 0.3) is 0 Å². The lowest BCUT2D eigenvalue weighted by Gasteiger charge is -2.09. The summed E-state index contributed by atoms with van der Waals surface area (Å²) in [5.74, 6) is -0.686. The molecule has 0 aliphatic heterocycles. The number of hydrogen-bond donors (Lipinski definition) is 2. The number of hydrogen-bond acceptors (Lipinski definition) is 3. The van der Waals surface area contributed by atoms with Gasteiger partial charge in [-0.1, -0.05) is 23.2 Å². The van der Waals surface area contributed by atoms with E-state index in [2.05, 4.69) is 10.0 Å². The van der Waals surface area contributed by atoms with Crippen molar-refractivity contribution in [2.45, 2.75) is 4.90 Å². The highest BCUT2D eigenvalue weighted by atomic mass is 35.5. The first-order chi connectivity index (χ1) is 7.88. The smallest absolute Gasteiger partial charge is 0.243 e. The van der Waals surface area contributed by atoms with Gasteiger partial charge in [0.2, 0.25) is 10.0 Å². The molecule has 8 heteroatoms. The molecular formula is C9H11Cl2FN2O2S. The summed E-state index contributed by atoms with van der Waals surface area (Å²) >= 11 is 11.3. The number of nitrogens with one attached hydrogen (secondary N) is 2. The average molecular weight is 301 g/mol. The van der Waals surface area contributed by atoms with E-state index in [1.807, 2.05) is 0 Å². The molecule has 0 aliphatic carbocycles. The van der Waals surface area contributed by atoms with E-state index in [-0.39, 0.29) is 21.5 Å². The van der Waals surface area contributed by atoms with E-state index in [1.54, 1.807) is 7.05 Å². The minimum absolute atomic E-state index is 0.183. The molecule has 0 aromatic heterocycles. The summed E-state index contributed by atoms with van der Waals surface area (Å²) in [6, 6.07) is 1.81. The molecule has 0 radical (unpaired) electrons. The molecule has 0 unspecified atom stereocenters. The third-order valence-electron chi connectivity index (χ3n) is 1.90. The third kappa shape index (κ3) is 3.79. The Balaban J connectivity index is 3.07. The van der Waals surface area contributed by atoms with Gasteiger partial charge in [-0.25, -0.2) is 17.5 Å². The highest BCUT2D eigenvalue weighted by Crippen LogP contribution is 2.30. The van der Waals surface area contributed by atoms with Crippen molar-refractivity contribution in [2.24, 2.45) is 0 Å². The Labute approximate surface area is 109 Å². The molecule has 0 atom stereocenters. The van der Waals surface area contributed by atoms with Crippen molar-refractivity contribution >= 4 is 33.2 Å². The van der Waals surface area contributed by atoms with Gasteiger partial charge in [0.25, 0.3) is 0 Å². The fourth-order valence-electron chi connectivity index (χ4n) is 1.17. The molecule has 0 heterocycles. The van der Waals surface area contributed by atoms with Gasteiger partial charge in [0, 0.05) is 13.1 Å². The molecule has 0 bridgehead atoms. The molecule has 96 valence electrons. The van der Waals surface area contributed by atoms with Gasteiger partial charge < -0.3 is 5.32 Å². The Kier molecular flexibility index (Phi) is 5.15. The Hall–Kier alpha value is -0.400. The summed E-state index contributed by atoms with van der Waals surface area (Å²) in [7, 11) is -2.14. The van der Waals surface area contributed by atoms with Crippen molar-refractivity contribution < 1.29 is 12.8 Å². The second-order valence-corrected chi connectivity index (χ2v) is 5.72. The fourth-order valence-corrected chi connectivity index (χ4v) is 3.38. The van der Waals surface area contributed by atoms with Crippen molar-refractivity contribution in [3.8, 4) is 0 Å². The van der Waals surface area contributed by atoms with E-state index < -0.39 is 15.8 Å². The molecule has 1 aromatic carbocycles. The molecule has 1 aromatic rings. The van der Waals surface area contributed by atoms with Gasteiger partial charge in [-0.05, 0) is 19.2 Å². The molecule has 0 spiro atoms. The number of likely N-dealkylation sites (N-methyl/N-ethyl adjacent to an activating group) is 1. The van der Waals surface area contributed by atoms with Crippen LogP contribution in [0.4, 0.5) is 4.39 Å². The molecule has 1 rings (SSSR count). The summed E-state index contributed by atoms with van der Waals surface area (Å²) in [5, 5.41) is 2.29. The minimum Gasteiger partial charge on any atom is -0.318 e. The van der Waals surface area contributed by atoms with Gasteiger partial charge in [-0.3, -0.25) is 0 Å². The van der Waals surface area contributed by atoms with Crippen LogP contribution in [-0.2, 0) is 10.0 Å². The largest absolute Gasteiger partial charge is 0.318 e. The van der Waals surface area contributed by atoms with Crippen molar-refractivity contribution in [3.63, 3.8) is 0 Å². The first kappa shape index (κ1) is 14.7. The monoisotopic (exact) mass is 300 g/mol. The lowest BCUT2D eigenvalue weighted by Crippen LogP contribution is -2.30. The Bertz CT molecular complexity index is 485. The summed E-state index contributed by atoms with van der Waals surface area (Å²) in [4.78, 5) is -0.307. The normalized spacial score (nSPS) is 11.8. The average Bonchev–Trinajstić information content (AvgIpc) is 2.15. The maximum atomic E-state index is 12.9. The summed E-state index contributed by atoms with van der Waals surface area (Å²) in [6.45, 7) is 0.637. The maximum Gasteiger partial charge on any atom is 0.243 e. The first-order valence-electron chi connectivity index (χ1n) is 4.67. The quantitative estimate of drug-likeness (QED) is 0.813. The first-order valence-corrected chi connectivity index (χ1v) is 6.91. The Morgan fingerprint density at radius 2 is 1.76 bits per heavy atom. The summed E-state index contributed by atoms with van der Waals surface area (Å²) in [6.07, 6.45) is 0. The highest BCUT2D eigenvalue weighted by Gasteiger charge is 2.22. The zero-order valence-corrected chi connectivity index (χ0v) is 11.3. The van der Waals surface area contributed by atoms with Crippen LogP contribution in [0.1, 0.15) is 0 Å². The lowest BCUT2D eigenvalue weighted by atomic mass is 10.3. The minimum atomic E-state index is -3.83. The molecule has 17 heavy (non-hydrogen) atoms. The zero-order chi connectivity index (χ0) is 13.1. The van der Waals surface area contributed by atoms with Gasteiger partial charge >= 0.3 is 0 Å². The maximum absolute atomic E-state index is 12.9. The van der Waals surface area contributed by atoms with Crippen LogP contribution >= 0.6 is 23.2 Å². The van der Waals surface area contributed by atoms with Crippen molar-refractivity contribution in [3.05, 3.63) is 28.0 Å². The van der Waals surface area contributed by atoms with Crippen LogP contribution in [0.15, 0.2) is 17.0 Å². The molecule has 4 nitrogen and oxygen atoms in total. The molecule has 0 aliphatic rings. The molecule has 0 fully saturated rings. The topological polar surface area (TPSA) is 58.2 Å². The standard InChI is InChI=1S/C9H11Cl2FN2O2S/c1-13-2-3-14-17(15,16)9-7(10)4-6(12)5-8(9)11/h4-5,13-14H,2-3H2,1H3. The van der Waals surface area contributed by atoms with Gasteiger partial charge in [0.1, 0.15) is 10.7 Å². The second-order valence-electron chi connectivity index (χ2n) is 3.20. The predicted molar refractivity (Wildman–Crippen MR) is 65.5 cm³/mol. The molecular weight excluding hydrogens is 290 g/mol. The van der Waals surface area contributed by atoms with Crippen molar-refractivity contribution in [1.82, 2.24) is 10.0 Å². The van der Waals surface area contributed by atoms with E-state index in [1.165, 1.54) is 0 Å². The third-order valence-corrected chi connectivity index (χ3v) is 4.28. The molecule has 0 amide bonds. The number of sulfonamides is 1. The second kappa shape index (κ2) is 5.97. The predicted octanol–water partition coefficient (Wildman–Crippen LogP) is 1.63. The Morgan fingerprint density at radius 1 is 1.24 bits per heavy atom. The molecule has 2 N–H and O–H groups in total. The van der Waals surface area contributed by atoms with Crippen molar-refractivity contribution in [1.29, 1.82) is 0 Å². The van der Waals surface area contributed by atoms with Crippen LogP contribution in [0.2, 0.25) is 10.0 Å². The fraction of sp³-hybridized carbons (Fsp3) is 0.333. The lowest BCUT2D eigenvalue weighted by molar-refractivity contribution is 0.579. The van der Waals surface area contributed by atoms with Gasteiger partial charge in [0.15, 0.2) is 0 Å². The van der Waals surface area contributed by atoms with Crippen LogP contribution in [-0.4, -0.2) is 28.6 Å². The number of benzene rings is 1. The highest BCUT2D eigenvalue weighted by molar-refractivity contribution is 7.89. The van der Waals surface area contributed by atoms with Crippen molar-refractivity contribution in [2.75, 3.05) is 20.1 Å². The summed E-state index contributed by atoms with van der Waals surface area (Å²) < 4.78 is 38.9. The van der Waals surface area contributed by atoms with E-state index in [9.17, 15) is 12.8 Å². The Morgan fingerprint density at radius 3 is 2.24 bits per heavy atom. The summed E-state index contributed by atoms with van der Waals surface area (Å²) in [5.41, 5.74) is 0. The van der Waals surface area contributed by atoms with Crippen LogP contribution in [0.5, 0.6) is 0 Å². The van der Waals surface area contributed by atoms with E-state index in [0.717, 1.165) is 12.1 Å². The van der Waals surface area contributed by atoms with Crippen LogP contribution in [0, 0.1) is 5.82 Å². The zero-order valence-electron chi connectivity index (χ0n) is 8.93. The number of halogens is 3. The van der Waals surface area contributed by atoms with Gasteiger partial charge in [-0.15, -0.1) is 0 Å². The van der Waals surface area contributed by atoms with E-state index in [0.29, 0.717) is 6.54 Å². The van der Waals surface area contributed by atoms with Crippen LogP contribution < -0.4 is 10.0 Å². The van der Waals surface area contributed by atoms with Gasteiger partial charge in [0.05, 0.1) is 10.0 Å². The molecule has 0 saturated heterocycles. The van der Waals surface area contributed by atoms with E-state index >= 15 is 0 Å². The SMILES string of the molecule is CNCCNS(=O)(=O)c1c(Cl)cc(F)cc1Cl.